The number of carbonyl (C=O) groups excluding carboxylic acids is 1. The van der Waals surface area contributed by atoms with Gasteiger partial charge in [0.1, 0.15) is 12.1 Å². The van der Waals surface area contributed by atoms with Crippen LogP contribution in [0.4, 0.5) is 5.82 Å². The standard InChI is InChI=1S/C11H14ClN3S.C2H4O/c1-3-8-9(16-2)10(14-11(12)13-8)15-6-4-5-7-15;1-2-3/h3H,1,4-7H2,2H3;2H,1H3. The normalized spacial score (nSPS) is 13.7. The molecule has 0 N–H and O–H groups in total. The maximum atomic E-state index is 8.81. The highest BCUT2D eigenvalue weighted by molar-refractivity contribution is 7.98. The highest BCUT2D eigenvalue weighted by Gasteiger charge is 2.20. The monoisotopic (exact) mass is 299 g/mol. The number of aromatic nitrogens is 2. The lowest BCUT2D eigenvalue weighted by atomic mass is 10.3. The molecule has 19 heavy (non-hydrogen) atoms. The van der Waals surface area contributed by atoms with Gasteiger partial charge in [0.05, 0.1) is 10.6 Å². The molecule has 0 bridgehead atoms. The molecule has 0 saturated carbocycles. The summed E-state index contributed by atoms with van der Waals surface area (Å²) < 4.78 is 0. The number of hydrogen-bond acceptors (Lipinski definition) is 5. The molecule has 0 unspecified atom stereocenters. The third-order valence-electron chi connectivity index (χ3n) is 2.65. The lowest BCUT2D eigenvalue weighted by molar-refractivity contribution is -0.106. The quantitative estimate of drug-likeness (QED) is 0.487. The summed E-state index contributed by atoms with van der Waals surface area (Å²) in [7, 11) is 0. The molecule has 0 aromatic carbocycles. The second-order valence-electron chi connectivity index (χ2n) is 3.87. The molecule has 1 aromatic rings. The average Bonchev–Trinajstić information content (AvgIpc) is 2.92. The lowest BCUT2D eigenvalue weighted by Gasteiger charge is -2.20. The zero-order chi connectivity index (χ0) is 14.3. The van der Waals surface area contributed by atoms with Crippen molar-refractivity contribution in [1.29, 1.82) is 0 Å². The van der Waals surface area contributed by atoms with Gasteiger partial charge in [-0.1, -0.05) is 6.58 Å². The van der Waals surface area contributed by atoms with E-state index < -0.39 is 0 Å². The number of carbonyl (C=O) groups is 1. The van der Waals surface area contributed by atoms with E-state index >= 15 is 0 Å². The van der Waals surface area contributed by atoms with Gasteiger partial charge in [-0.2, -0.15) is 4.98 Å². The summed E-state index contributed by atoms with van der Waals surface area (Å²) in [6.45, 7) is 7.32. The van der Waals surface area contributed by atoms with Gasteiger partial charge in [0, 0.05) is 13.1 Å². The Morgan fingerprint density at radius 2 is 1.95 bits per heavy atom. The highest BCUT2D eigenvalue weighted by atomic mass is 35.5. The second kappa shape index (κ2) is 8.17. The number of rotatable bonds is 3. The van der Waals surface area contributed by atoms with E-state index in [0.29, 0.717) is 5.28 Å². The Balaban J connectivity index is 0.000000550. The van der Waals surface area contributed by atoms with Crippen LogP contribution in [0.15, 0.2) is 11.5 Å². The van der Waals surface area contributed by atoms with Crippen LogP contribution in [0.5, 0.6) is 0 Å². The number of thioether (sulfide) groups is 1. The fourth-order valence-electron chi connectivity index (χ4n) is 1.91. The van der Waals surface area contributed by atoms with Gasteiger partial charge in [0.15, 0.2) is 0 Å². The van der Waals surface area contributed by atoms with Crippen molar-refractivity contribution in [2.45, 2.75) is 24.7 Å². The van der Waals surface area contributed by atoms with E-state index in [0.717, 1.165) is 35.8 Å². The Kier molecular flexibility index (Phi) is 6.87. The zero-order valence-electron chi connectivity index (χ0n) is 11.2. The van der Waals surface area contributed by atoms with Crippen molar-refractivity contribution in [3.8, 4) is 0 Å². The first-order valence-electron chi connectivity index (χ1n) is 6.06. The van der Waals surface area contributed by atoms with Gasteiger partial charge in [-0.15, -0.1) is 11.8 Å². The molecular formula is C13H18ClN3OS. The molecule has 1 aliphatic heterocycles. The van der Waals surface area contributed by atoms with E-state index in [1.165, 1.54) is 19.8 Å². The summed E-state index contributed by atoms with van der Waals surface area (Å²) in [5.74, 6) is 0.958. The van der Waals surface area contributed by atoms with Crippen molar-refractivity contribution in [3.05, 3.63) is 17.6 Å². The van der Waals surface area contributed by atoms with Crippen molar-refractivity contribution < 1.29 is 4.79 Å². The molecule has 0 radical (unpaired) electrons. The summed E-state index contributed by atoms with van der Waals surface area (Å²) in [6.07, 6.45) is 6.95. The van der Waals surface area contributed by atoms with E-state index in [9.17, 15) is 0 Å². The molecule has 4 nitrogen and oxygen atoms in total. The van der Waals surface area contributed by atoms with E-state index in [2.05, 4.69) is 21.4 Å². The van der Waals surface area contributed by atoms with Crippen LogP contribution >= 0.6 is 23.4 Å². The van der Waals surface area contributed by atoms with Crippen molar-refractivity contribution >= 4 is 41.5 Å². The number of nitrogens with zero attached hydrogens (tertiary/aromatic N) is 3. The molecule has 2 heterocycles. The minimum Gasteiger partial charge on any atom is -0.356 e. The van der Waals surface area contributed by atoms with Crippen molar-refractivity contribution in [1.82, 2.24) is 9.97 Å². The molecule has 1 fully saturated rings. The summed E-state index contributed by atoms with van der Waals surface area (Å²) >= 11 is 7.58. The first-order chi connectivity index (χ1) is 9.17. The molecule has 0 atom stereocenters. The van der Waals surface area contributed by atoms with Crippen molar-refractivity contribution in [2.24, 2.45) is 0 Å². The van der Waals surface area contributed by atoms with Crippen LogP contribution in [0.3, 0.4) is 0 Å². The smallest absolute Gasteiger partial charge is 0.224 e. The summed E-state index contributed by atoms with van der Waals surface area (Å²) in [5.41, 5.74) is 0.828. The minimum absolute atomic E-state index is 0.301. The number of aldehydes is 1. The zero-order valence-corrected chi connectivity index (χ0v) is 12.8. The van der Waals surface area contributed by atoms with Gasteiger partial charge in [0.25, 0.3) is 0 Å². The average molecular weight is 300 g/mol. The Hall–Kier alpha value is -1.07. The van der Waals surface area contributed by atoms with Gasteiger partial charge in [-0.05, 0) is 43.7 Å². The number of anilines is 1. The third-order valence-corrected chi connectivity index (χ3v) is 3.62. The summed E-state index contributed by atoms with van der Waals surface area (Å²) in [5, 5.41) is 0.301. The predicted molar refractivity (Wildman–Crippen MR) is 82.1 cm³/mol. The van der Waals surface area contributed by atoms with Gasteiger partial charge in [-0.3, -0.25) is 0 Å². The summed E-state index contributed by atoms with van der Waals surface area (Å²) in [4.78, 5) is 20.7. The van der Waals surface area contributed by atoms with Crippen LogP contribution < -0.4 is 4.90 Å². The van der Waals surface area contributed by atoms with E-state index in [-0.39, 0.29) is 0 Å². The number of halogens is 1. The predicted octanol–water partition coefficient (Wildman–Crippen LogP) is 3.30. The Morgan fingerprint density at radius 3 is 2.42 bits per heavy atom. The first-order valence-corrected chi connectivity index (χ1v) is 7.66. The molecule has 0 spiro atoms. The lowest BCUT2D eigenvalue weighted by Crippen LogP contribution is -2.20. The van der Waals surface area contributed by atoms with Crippen LogP contribution in [0.2, 0.25) is 5.28 Å². The molecule has 0 aliphatic carbocycles. The van der Waals surface area contributed by atoms with Gasteiger partial charge in [0.2, 0.25) is 5.28 Å². The largest absolute Gasteiger partial charge is 0.356 e. The fourth-order valence-corrected chi connectivity index (χ4v) is 2.77. The molecule has 1 aliphatic rings. The van der Waals surface area contributed by atoms with E-state index in [4.69, 9.17) is 16.4 Å². The van der Waals surface area contributed by atoms with Crippen LogP contribution in [-0.4, -0.2) is 35.6 Å². The maximum absolute atomic E-state index is 8.81. The molecule has 1 aromatic heterocycles. The number of hydrogen-bond donors (Lipinski definition) is 0. The third kappa shape index (κ3) is 4.21. The molecule has 6 heteroatoms. The van der Waals surface area contributed by atoms with Crippen molar-refractivity contribution in [3.63, 3.8) is 0 Å². The maximum Gasteiger partial charge on any atom is 0.224 e. The molecule has 0 amide bonds. The SMILES string of the molecule is C=Cc1nc(Cl)nc(N2CCCC2)c1SC.CC=O. The van der Waals surface area contributed by atoms with Crippen LogP contribution in [0, 0.1) is 0 Å². The van der Waals surface area contributed by atoms with Crippen LogP contribution in [-0.2, 0) is 4.79 Å². The van der Waals surface area contributed by atoms with Crippen LogP contribution in [0.25, 0.3) is 6.08 Å². The topological polar surface area (TPSA) is 46.1 Å². The van der Waals surface area contributed by atoms with Crippen LogP contribution in [0.1, 0.15) is 25.5 Å². The Morgan fingerprint density at radius 1 is 1.37 bits per heavy atom. The molecule has 1 saturated heterocycles. The Labute approximate surface area is 123 Å². The first kappa shape index (κ1) is 16.0. The Bertz CT molecular complexity index is 448. The van der Waals surface area contributed by atoms with Crippen molar-refractivity contribution in [2.75, 3.05) is 24.2 Å². The molecular weight excluding hydrogens is 282 g/mol. The highest BCUT2D eigenvalue weighted by Crippen LogP contribution is 2.32. The van der Waals surface area contributed by atoms with E-state index in [1.54, 1.807) is 17.8 Å². The molecule has 104 valence electrons. The fraction of sp³-hybridized carbons (Fsp3) is 0.462. The second-order valence-corrected chi connectivity index (χ2v) is 5.02. The van der Waals surface area contributed by atoms with Gasteiger partial charge >= 0.3 is 0 Å². The minimum atomic E-state index is 0.301. The van der Waals surface area contributed by atoms with Gasteiger partial charge in [-0.25, -0.2) is 4.98 Å². The molecule has 2 rings (SSSR count). The van der Waals surface area contributed by atoms with E-state index in [1.807, 2.05) is 6.26 Å². The van der Waals surface area contributed by atoms with Gasteiger partial charge < -0.3 is 9.69 Å². The summed E-state index contributed by atoms with van der Waals surface area (Å²) in [6, 6.07) is 0.